The van der Waals surface area contributed by atoms with E-state index in [4.69, 9.17) is 24.4 Å². The average Bonchev–Trinajstić information content (AvgIpc) is 3.80. The minimum absolute atomic E-state index is 0.639. The molecule has 10 aromatic rings. The molecule has 0 amide bonds. The van der Waals surface area contributed by atoms with Crippen LogP contribution in [0.3, 0.4) is 0 Å². The van der Waals surface area contributed by atoms with Crippen molar-refractivity contribution < 1.29 is 4.42 Å². The van der Waals surface area contributed by atoms with Gasteiger partial charge in [-0.2, -0.15) is 0 Å². The molecule has 2 aromatic heterocycles. The van der Waals surface area contributed by atoms with E-state index in [1.54, 1.807) is 0 Å². The lowest BCUT2D eigenvalue weighted by molar-refractivity contribution is 0.669. The van der Waals surface area contributed by atoms with E-state index < -0.39 is 0 Å². The van der Waals surface area contributed by atoms with Crippen LogP contribution in [0, 0.1) is 0 Å². The van der Waals surface area contributed by atoms with E-state index in [2.05, 4.69) is 174 Å². The second-order valence-corrected chi connectivity index (χ2v) is 16.9. The first-order chi connectivity index (χ1) is 33.4. The first kappa shape index (κ1) is 44.9. The largest absolute Gasteiger partial charge is 0.456 e. The second kappa shape index (κ2) is 20.9. The summed E-state index contributed by atoms with van der Waals surface area (Å²) >= 11 is 0. The Morgan fingerprint density at radius 1 is 0.456 bits per heavy atom. The van der Waals surface area contributed by atoms with E-state index in [1.807, 2.05) is 72.8 Å². The number of fused-ring (bicyclic) bond motifs is 3. The summed E-state index contributed by atoms with van der Waals surface area (Å²) in [7, 11) is 0. The molecule has 0 bridgehead atoms. The molecule has 0 aliphatic rings. The van der Waals surface area contributed by atoms with Gasteiger partial charge in [0.05, 0.1) is 5.70 Å². The highest BCUT2D eigenvalue weighted by Crippen LogP contribution is 2.39. The molecule has 10 rings (SSSR count). The molecule has 0 radical (unpaired) electrons. The lowest BCUT2D eigenvalue weighted by Gasteiger charge is -2.11. The van der Waals surface area contributed by atoms with Gasteiger partial charge < -0.3 is 4.42 Å². The maximum absolute atomic E-state index is 6.43. The Morgan fingerprint density at radius 3 is 1.43 bits per heavy atom. The molecule has 5 nitrogen and oxygen atoms in total. The maximum Gasteiger partial charge on any atom is 0.164 e. The summed E-state index contributed by atoms with van der Waals surface area (Å²) < 4.78 is 6.43. The van der Waals surface area contributed by atoms with Crippen molar-refractivity contribution in [1.82, 2.24) is 15.0 Å². The van der Waals surface area contributed by atoms with Crippen LogP contribution in [0.15, 0.2) is 227 Å². The van der Waals surface area contributed by atoms with Crippen molar-refractivity contribution in [2.24, 2.45) is 4.99 Å². The average molecular weight is 883 g/mol. The summed E-state index contributed by atoms with van der Waals surface area (Å²) in [5.74, 6) is 1.94. The summed E-state index contributed by atoms with van der Waals surface area (Å²) in [6.07, 6.45) is 4.26. The lowest BCUT2D eigenvalue weighted by Crippen LogP contribution is -2.00. The van der Waals surface area contributed by atoms with E-state index in [0.29, 0.717) is 17.5 Å². The summed E-state index contributed by atoms with van der Waals surface area (Å²) in [5.41, 5.74) is 17.2. The zero-order valence-electron chi connectivity index (χ0n) is 39.3. The van der Waals surface area contributed by atoms with Gasteiger partial charge in [-0.25, -0.2) is 15.0 Å². The molecule has 0 fully saturated rings. The van der Waals surface area contributed by atoms with Gasteiger partial charge >= 0.3 is 0 Å². The van der Waals surface area contributed by atoms with Gasteiger partial charge in [-0.1, -0.05) is 208 Å². The number of aliphatic imine (C=N–C) groups is 1. The minimum atomic E-state index is 0.639. The number of furan rings is 1. The van der Waals surface area contributed by atoms with E-state index in [9.17, 15) is 0 Å². The monoisotopic (exact) mass is 882 g/mol. The number of aromatic nitrogens is 3. The maximum atomic E-state index is 6.43. The van der Waals surface area contributed by atoms with Gasteiger partial charge in [0.1, 0.15) is 11.2 Å². The number of hydrogen-bond donors (Lipinski definition) is 0. The normalized spacial score (nSPS) is 12.1. The zero-order chi connectivity index (χ0) is 46.8. The van der Waals surface area contributed by atoms with Crippen LogP contribution < -0.4 is 0 Å². The van der Waals surface area contributed by atoms with Crippen molar-refractivity contribution in [2.45, 2.75) is 47.5 Å². The van der Waals surface area contributed by atoms with Crippen molar-refractivity contribution in [3.8, 4) is 56.4 Å². The van der Waals surface area contributed by atoms with Crippen LogP contribution in [0.25, 0.3) is 89.6 Å². The Morgan fingerprint density at radius 2 is 0.912 bits per heavy atom. The molecule has 0 unspecified atom stereocenters. The number of benzene rings is 8. The molecule has 5 heteroatoms. The summed E-state index contributed by atoms with van der Waals surface area (Å²) in [5, 5.41) is 2.17. The molecule has 0 aliphatic heterocycles. The molecule has 2 heterocycles. The third kappa shape index (κ3) is 10.1. The topological polar surface area (TPSA) is 64.2 Å². The molecular formula is C63H54N4O. The molecule has 332 valence electrons. The van der Waals surface area contributed by atoms with Gasteiger partial charge in [0.25, 0.3) is 0 Å². The van der Waals surface area contributed by atoms with E-state index in [1.165, 1.54) is 16.7 Å². The third-order valence-electron chi connectivity index (χ3n) is 12.3. The van der Waals surface area contributed by atoms with E-state index in [-0.39, 0.29) is 0 Å². The van der Waals surface area contributed by atoms with Crippen molar-refractivity contribution >= 4 is 38.9 Å². The molecular weight excluding hydrogens is 829 g/mol. The molecule has 8 aromatic carbocycles. The standard InChI is InChI=1S/C52H40N4O.C11H14/c1-4-34(2)49(53-35(3)36-15-8-5-9-16-36)44-21-14-22-47-48(44)45-33-43(31-32-46(45)57-47)39-25-23-37(24-26-39)38-27-29-42(30-28-38)52-55-50(40-17-10-6-11-18-40)54-51(56-52)41-19-12-7-13-20-41;1-3-7-10(2)11-8-5-4-6-9-11/h5-33H,4H2,1-3H3;4-9H,3H2,1-2H3/b49-34-,53-35?;10-7-. The van der Waals surface area contributed by atoms with Crippen LogP contribution in [0.5, 0.6) is 0 Å². The van der Waals surface area contributed by atoms with E-state index in [0.717, 1.165) is 96.3 Å². The molecule has 0 N–H and O–H groups in total. The predicted octanol–water partition coefficient (Wildman–Crippen LogP) is 17.3. The first-order valence-corrected chi connectivity index (χ1v) is 23.4. The predicted molar refractivity (Wildman–Crippen MR) is 286 cm³/mol. The number of rotatable bonds is 11. The first-order valence-electron chi connectivity index (χ1n) is 23.4. The lowest BCUT2D eigenvalue weighted by atomic mass is 9.96. The zero-order valence-corrected chi connectivity index (χ0v) is 39.3. The highest BCUT2D eigenvalue weighted by molar-refractivity contribution is 6.12. The third-order valence-corrected chi connectivity index (χ3v) is 12.3. The van der Waals surface area contributed by atoms with Crippen LogP contribution in [-0.2, 0) is 0 Å². The van der Waals surface area contributed by atoms with Crippen LogP contribution in [-0.4, -0.2) is 20.7 Å². The number of allylic oxidation sites excluding steroid dienone is 3. The van der Waals surface area contributed by atoms with Gasteiger partial charge in [0, 0.05) is 38.7 Å². The van der Waals surface area contributed by atoms with Crippen LogP contribution >= 0.6 is 0 Å². The number of nitrogens with zero attached hydrogens (tertiary/aromatic N) is 4. The summed E-state index contributed by atoms with van der Waals surface area (Å²) in [6, 6.07) is 70.9. The van der Waals surface area contributed by atoms with Gasteiger partial charge in [-0.05, 0) is 96.3 Å². The molecule has 0 atom stereocenters. The van der Waals surface area contributed by atoms with Crippen molar-refractivity contribution in [1.29, 1.82) is 0 Å². The minimum Gasteiger partial charge on any atom is -0.456 e. The van der Waals surface area contributed by atoms with E-state index >= 15 is 0 Å². The second-order valence-electron chi connectivity index (χ2n) is 16.9. The number of hydrogen-bond acceptors (Lipinski definition) is 5. The Labute approximate surface area is 400 Å². The Bertz CT molecular complexity index is 3330. The quantitative estimate of drug-likeness (QED) is 0.121. The van der Waals surface area contributed by atoms with Crippen LogP contribution in [0.4, 0.5) is 0 Å². The van der Waals surface area contributed by atoms with Gasteiger partial charge in [0.15, 0.2) is 17.5 Å². The van der Waals surface area contributed by atoms with Crippen molar-refractivity contribution in [3.63, 3.8) is 0 Å². The molecule has 0 saturated carbocycles. The highest BCUT2D eigenvalue weighted by Gasteiger charge is 2.17. The Hall–Kier alpha value is -8.28. The van der Waals surface area contributed by atoms with Crippen molar-refractivity contribution in [2.75, 3.05) is 0 Å². The van der Waals surface area contributed by atoms with Crippen LogP contribution in [0.2, 0.25) is 0 Å². The Balaban J connectivity index is 0.000000464. The smallest absolute Gasteiger partial charge is 0.164 e. The van der Waals surface area contributed by atoms with Gasteiger partial charge in [0.2, 0.25) is 0 Å². The fraction of sp³-hybridized carbons (Fsp3) is 0.111. The fourth-order valence-electron chi connectivity index (χ4n) is 8.40. The fourth-order valence-corrected chi connectivity index (χ4v) is 8.40. The SMILES string of the molecule is CC/C(C)=C(\N=C(C)c1ccccc1)c1cccc2oc3ccc(-c4ccc(-c5ccc(-c6nc(-c7ccccc7)nc(-c7ccccc7)n6)cc5)cc4)cc3c12.CC/C=C(/C)c1ccccc1. The van der Waals surface area contributed by atoms with Gasteiger partial charge in [-0.3, -0.25) is 4.99 Å². The van der Waals surface area contributed by atoms with Gasteiger partial charge in [-0.15, -0.1) is 0 Å². The summed E-state index contributed by atoms with van der Waals surface area (Å²) in [6.45, 7) is 10.8. The molecule has 0 spiro atoms. The molecule has 0 aliphatic carbocycles. The summed E-state index contributed by atoms with van der Waals surface area (Å²) in [4.78, 5) is 19.9. The van der Waals surface area contributed by atoms with Crippen LogP contribution in [0.1, 0.15) is 64.2 Å². The highest BCUT2D eigenvalue weighted by atomic mass is 16.3. The molecule has 0 saturated heterocycles. The van der Waals surface area contributed by atoms with Crippen molar-refractivity contribution in [3.05, 3.63) is 235 Å². The molecule has 68 heavy (non-hydrogen) atoms. The Kier molecular flexibility index (Phi) is 13.8.